The molecule has 0 unspecified atom stereocenters. The largest absolute Gasteiger partial charge is 0.294 e. The Labute approximate surface area is 146 Å². The van der Waals surface area contributed by atoms with Crippen LogP contribution in [0.2, 0.25) is 0 Å². The maximum Gasteiger partial charge on any atom is 0.194 e. The lowest BCUT2D eigenvalue weighted by molar-refractivity contribution is 0.242. The SMILES string of the molecule is Fc1cc(CN2CCc3nc(-c4cccs4)ncc3C2)cc(F)c1F. The van der Waals surface area contributed by atoms with Gasteiger partial charge in [0.1, 0.15) is 0 Å². The zero-order valence-corrected chi connectivity index (χ0v) is 14.0. The van der Waals surface area contributed by atoms with Gasteiger partial charge in [-0.3, -0.25) is 4.90 Å². The van der Waals surface area contributed by atoms with E-state index in [9.17, 15) is 13.2 Å². The monoisotopic (exact) mass is 361 g/mol. The molecule has 0 atom stereocenters. The van der Waals surface area contributed by atoms with Crippen LogP contribution in [0.25, 0.3) is 10.7 Å². The van der Waals surface area contributed by atoms with Crippen LogP contribution in [0.5, 0.6) is 0 Å². The smallest absolute Gasteiger partial charge is 0.194 e. The molecule has 0 bridgehead atoms. The molecule has 1 aliphatic rings. The molecule has 3 nitrogen and oxygen atoms in total. The number of halogens is 3. The van der Waals surface area contributed by atoms with Crippen molar-refractivity contribution in [1.29, 1.82) is 0 Å². The molecule has 1 aromatic carbocycles. The van der Waals surface area contributed by atoms with Crippen LogP contribution in [0.4, 0.5) is 13.2 Å². The van der Waals surface area contributed by atoms with E-state index < -0.39 is 17.5 Å². The Morgan fingerprint density at radius 2 is 1.96 bits per heavy atom. The van der Waals surface area contributed by atoms with Gasteiger partial charge in [-0.05, 0) is 29.1 Å². The Morgan fingerprint density at radius 3 is 2.68 bits per heavy atom. The highest BCUT2D eigenvalue weighted by Crippen LogP contribution is 2.25. The van der Waals surface area contributed by atoms with E-state index in [1.165, 1.54) is 0 Å². The number of rotatable bonds is 3. The first kappa shape index (κ1) is 16.2. The van der Waals surface area contributed by atoms with Gasteiger partial charge < -0.3 is 0 Å². The molecule has 0 spiro atoms. The quantitative estimate of drug-likeness (QED) is 0.656. The van der Waals surface area contributed by atoms with Crippen molar-refractivity contribution >= 4 is 11.3 Å². The van der Waals surface area contributed by atoms with Gasteiger partial charge in [-0.1, -0.05) is 6.07 Å². The first-order valence-corrected chi connectivity index (χ1v) is 8.72. The molecule has 7 heteroatoms. The highest BCUT2D eigenvalue weighted by Gasteiger charge is 2.20. The van der Waals surface area contributed by atoms with E-state index in [2.05, 4.69) is 9.97 Å². The maximum atomic E-state index is 13.4. The molecule has 0 aliphatic carbocycles. The molecule has 0 N–H and O–H groups in total. The molecule has 25 heavy (non-hydrogen) atoms. The number of aromatic nitrogens is 2. The fourth-order valence-corrected chi connectivity index (χ4v) is 3.66. The Bertz CT molecular complexity index is 889. The summed E-state index contributed by atoms with van der Waals surface area (Å²) in [4.78, 5) is 12.1. The van der Waals surface area contributed by atoms with Crippen LogP contribution in [-0.4, -0.2) is 21.4 Å². The molecule has 0 radical (unpaired) electrons. The third-order valence-electron chi connectivity index (χ3n) is 4.20. The number of thiophene rings is 1. The zero-order valence-electron chi connectivity index (χ0n) is 13.2. The summed E-state index contributed by atoms with van der Waals surface area (Å²) >= 11 is 1.60. The molecule has 3 heterocycles. The van der Waals surface area contributed by atoms with Crippen molar-refractivity contribution in [2.75, 3.05) is 6.54 Å². The fourth-order valence-electron chi connectivity index (χ4n) is 2.99. The van der Waals surface area contributed by atoms with E-state index in [0.717, 1.165) is 40.5 Å². The summed E-state index contributed by atoms with van der Waals surface area (Å²) < 4.78 is 39.8. The van der Waals surface area contributed by atoms with Crippen molar-refractivity contribution in [3.63, 3.8) is 0 Å². The van der Waals surface area contributed by atoms with Crippen LogP contribution in [-0.2, 0) is 19.5 Å². The number of benzene rings is 1. The van der Waals surface area contributed by atoms with E-state index in [1.54, 1.807) is 11.3 Å². The summed E-state index contributed by atoms with van der Waals surface area (Å²) in [6.07, 6.45) is 2.55. The molecule has 2 aromatic heterocycles. The molecular weight excluding hydrogens is 347 g/mol. The van der Waals surface area contributed by atoms with Crippen LogP contribution in [0.15, 0.2) is 35.8 Å². The number of fused-ring (bicyclic) bond motifs is 1. The van der Waals surface area contributed by atoms with E-state index in [4.69, 9.17) is 0 Å². The summed E-state index contributed by atoms with van der Waals surface area (Å²) in [5, 5.41) is 1.99. The summed E-state index contributed by atoms with van der Waals surface area (Å²) in [5.74, 6) is -3.01. The van der Waals surface area contributed by atoms with Crippen LogP contribution in [0.1, 0.15) is 16.8 Å². The minimum absolute atomic E-state index is 0.347. The first-order chi connectivity index (χ1) is 12.1. The number of nitrogens with zero attached hydrogens (tertiary/aromatic N) is 3. The molecule has 0 fully saturated rings. The van der Waals surface area contributed by atoms with Gasteiger partial charge in [0.05, 0.1) is 10.6 Å². The number of hydrogen-bond acceptors (Lipinski definition) is 4. The Balaban J connectivity index is 1.52. The highest BCUT2D eigenvalue weighted by atomic mass is 32.1. The summed E-state index contributed by atoms with van der Waals surface area (Å²) in [6, 6.07) is 6.04. The Kier molecular flexibility index (Phi) is 4.27. The molecule has 3 aromatic rings. The summed E-state index contributed by atoms with van der Waals surface area (Å²) in [7, 11) is 0. The fraction of sp³-hybridized carbons (Fsp3) is 0.222. The maximum absolute atomic E-state index is 13.4. The van der Waals surface area contributed by atoms with Gasteiger partial charge in [0.2, 0.25) is 0 Å². The predicted molar refractivity (Wildman–Crippen MR) is 89.5 cm³/mol. The number of hydrogen-bond donors (Lipinski definition) is 0. The third kappa shape index (κ3) is 3.29. The topological polar surface area (TPSA) is 29.0 Å². The Morgan fingerprint density at radius 1 is 1.16 bits per heavy atom. The van der Waals surface area contributed by atoms with Gasteiger partial charge in [0.15, 0.2) is 23.3 Å². The standard InChI is InChI=1S/C18H14F3N3S/c19-13-6-11(7-14(20)17(13)21)9-24-4-3-15-12(10-24)8-22-18(23-15)16-2-1-5-25-16/h1-2,5-8H,3-4,9-10H2. The lowest BCUT2D eigenvalue weighted by Gasteiger charge is -2.28. The van der Waals surface area contributed by atoms with Gasteiger partial charge in [-0.25, -0.2) is 23.1 Å². The normalized spacial score (nSPS) is 14.5. The summed E-state index contributed by atoms with van der Waals surface area (Å²) in [5.41, 5.74) is 2.43. The van der Waals surface area contributed by atoms with Gasteiger partial charge in [0, 0.05) is 37.8 Å². The van der Waals surface area contributed by atoms with Crippen LogP contribution < -0.4 is 0 Å². The van der Waals surface area contributed by atoms with Crippen LogP contribution >= 0.6 is 11.3 Å². The highest BCUT2D eigenvalue weighted by molar-refractivity contribution is 7.13. The van der Waals surface area contributed by atoms with Gasteiger partial charge in [0.25, 0.3) is 0 Å². The van der Waals surface area contributed by atoms with Crippen LogP contribution in [0, 0.1) is 17.5 Å². The first-order valence-electron chi connectivity index (χ1n) is 7.84. The lowest BCUT2D eigenvalue weighted by Crippen LogP contribution is -2.31. The van der Waals surface area contributed by atoms with Crippen molar-refractivity contribution in [3.8, 4) is 10.7 Å². The van der Waals surface area contributed by atoms with Crippen molar-refractivity contribution in [1.82, 2.24) is 14.9 Å². The van der Waals surface area contributed by atoms with E-state index >= 15 is 0 Å². The van der Waals surface area contributed by atoms with E-state index in [-0.39, 0.29) is 0 Å². The van der Waals surface area contributed by atoms with Crippen molar-refractivity contribution in [2.45, 2.75) is 19.5 Å². The zero-order chi connectivity index (χ0) is 17.4. The van der Waals surface area contributed by atoms with Gasteiger partial charge >= 0.3 is 0 Å². The second kappa shape index (κ2) is 6.57. The average molecular weight is 361 g/mol. The Hall–Kier alpha value is -2.25. The second-order valence-corrected chi connectivity index (χ2v) is 6.92. The van der Waals surface area contributed by atoms with Crippen molar-refractivity contribution in [3.05, 3.63) is 70.1 Å². The van der Waals surface area contributed by atoms with E-state index in [1.807, 2.05) is 28.6 Å². The van der Waals surface area contributed by atoms with Gasteiger partial charge in [-0.2, -0.15) is 0 Å². The predicted octanol–water partition coefficient (Wildman–Crippen LogP) is 4.18. The van der Waals surface area contributed by atoms with E-state index in [0.29, 0.717) is 25.2 Å². The molecule has 0 amide bonds. The minimum atomic E-state index is -1.43. The van der Waals surface area contributed by atoms with Crippen molar-refractivity contribution in [2.24, 2.45) is 0 Å². The second-order valence-electron chi connectivity index (χ2n) is 5.98. The summed E-state index contributed by atoms with van der Waals surface area (Å²) in [6.45, 7) is 1.66. The average Bonchev–Trinajstić information content (AvgIpc) is 3.14. The molecular formula is C18H14F3N3S. The molecule has 4 rings (SSSR count). The third-order valence-corrected chi connectivity index (χ3v) is 5.07. The van der Waals surface area contributed by atoms with Gasteiger partial charge in [-0.15, -0.1) is 11.3 Å². The van der Waals surface area contributed by atoms with Crippen molar-refractivity contribution < 1.29 is 13.2 Å². The lowest BCUT2D eigenvalue weighted by atomic mass is 10.1. The molecule has 1 aliphatic heterocycles. The molecule has 0 saturated heterocycles. The molecule has 128 valence electrons. The van der Waals surface area contributed by atoms with Crippen LogP contribution in [0.3, 0.4) is 0 Å². The molecule has 0 saturated carbocycles. The minimum Gasteiger partial charge on any atom is -0.294 e.